The van der Waals surface area contributed by atoms with Gasteiger partial charge >= 0.3 is 5.97 Å². The molecule has 76 valence electrons. The molecule has 0 aromatic carbocycles. The number of aromatic nitrogens is 1. The van der Waals surface area contributed by atoms with Gasteiger partial charge in [-0.2, -0.15) is 0 Å². The third kappa shape index (κ3) is 2.17. The smallest absolute Gasteiger partial charge is 0.337 e. The summed E-state index contributed by atoms with van der Waals surface area (Å²) in [6, 6.07) is 1.00. The maximum atomic E-state index is 12.4. The largest absolute Gasteiger partial charge is 0.478 e. The highest BCUT2D eigenvalue weighted by molar-refractivity contribution is 6.16. The summed E-state index contributed by atoms with van der Waals surface area (Å²) in [7, 11) is 0. The van der Waals surface area contributed by atoms with E-state index in [1.54, 1.807) is 0 Å². The van der Waals surface area contributed by atoms with Crippen LogP contribution in [0.2, 0.25) is 0 Å². The van der Waals surface area contributed by atoms with Crippen LogP contribution in [0.25, 0.3) is 0 Å². The van der Waals surface area contributed by atoms with Crippen LogP contribution in [0.15, 0.2) is 12.3 Å². The Kier molecular flexibility index (Phi) is 3.35. The van der Waals surface area contributed by atoms with Gasteiger partial charge in [-0.05, 0) is 6.07 Å². The second-order valence-electron chi connectivity index (χ2n) is 2.50. The van der Waals surface area contributed by atoms with Gasteiger partial charge < -0.3 is 5.11 Å². The van der Waals surface area contributed by atoms with Gasteiger partial charge in [-0.25, -0.2) is 13.6 Å². The molecular weight excluding hydrogens is 216 g/mol. The predicted molar refractivity (Wildman–Crippen MR) is 45.7 cm³/mol. The maximum Gasteiger partial charge on any atom is 0.337 e. The first-order valence-corrected chi connectivity index (χ1v) is 4.16. The van der Waals surface area contributed by atoms with Crippen molar-refractivity contribution < 1.29 is 18.7 Å². The average molecular weight is 222 g/mol. The van der Waals surface area contributed by atoms with Crippen molar-refractivity contribution in [3.63, 3.8) is 0 Å². The topological polar surface area (TPSA) is 50.2 Å². The lowest BCUT2D eigenvalue weighted by Crippen LogP contribution is -2.05. The van der Waals surface area contributed by atoms with Gasteiger partial charge in [0.1, 0.15) is 0 Å². The number of halogens is 3. The number of carboxylic acids is 1. The summed E-state index contributed by atoms with van der Waals surface area (Å²) in [5.41, 5.74) is -0.816. The van der Waals surface area contributed by atoms with Crippen LogP contribution >= 0.6 is 11.6 Å². The lowest BCUT2D eigenvalue weighted by molar-refractivity contribution is 0.0684. The maximum absolute atomic E-state index is 12.4. The zero-order chi connectivity index (χ0) is 10.7. The monoisotopic (exact) mass is 221 g/mol. The number of aromatic carboxylic acids is 1. The molecule has 0 aliphatic heterocycles. The lowest BCUT2D eigenvalue weighted by Gasteiger charge is -2.05. The Hall–Kier alpha value is -1.23. The molecule has 0 aliphatic carbocycles. The van der Waals surface area contributed by atoms with Crippen molar-refractivity contribution in [1.82, 2.24) is 4.98 Å². The van der Waals surface area contributed by atoms with Crippen LogP contribution in [-0.2, 0) is 5.88 Å². The molecule has 14 heavy (non-hydrogen) atoms. The molecule has 0 saturated carbocycles. The fraction of sp³-hybridized carbons (Fsp3) is 0.250. The van der Waals surface area contributed by atoms with Gasteiger partial charge in [0.05, 0.1) is 17.1 Å². The van der Waals surface area contributed by atoms with Crippen LogP contribution < -0.4 is 0 Å². The van der Waals surface area contributed by atoms with E-state index in [0.29, 0.717) is 0 Å². The van der Waals surface area contributed by atoms with Crippen molar-refractivity contribution in [1.29, 1.82) is 0 Å². The van der Waals surface area contributed by atoms with E-state index in [0.717, 1.165) is 12.3 Å². The highest BCUT2D eigenvalue weighted by Gasteiger charge is 2.18. The van der Waals surface area contributed by atoms with Gasteiger partial charge in [0.2, 0.25) is 0 Å². The second kappa shape index (κ2) is 4.32. The molecule has 0 amide bonds. The van der Waals surface area contributed by atoms with Crippen LogP contribution in [0.1, 0.15) is 28.0 Å². The highest BCUT2D eigenvalue weighted by Crippen LogP contribution is 2.23. The molecule has 1 N–H and O–H groups in total. The summed E-state index contributed by atoms with van der Waals surface area (Å²) in [6.45, 7) is 0. The molecule has 0 radical (unpaired) electrons. The third-order valence-electron chi connectivity index (χ3n) is 1.60. The van der Waals surface area contributed by atoms with E-state index in [4.69, 9.17) is 16.7 Å². The van der Waals surface area contributed by atoms with Gasteiger partial charge in [0, 0.05) is 11.8 Å². The summed E-state index contributed by atoms with van der Waals surface area (Å²) in [6.07, 6.45) is -1.95. The first kappa shape index (κ1) is 10.8. The molecule has 0 fully saturated rings. The minimum Gasteiger partial charge on any atom is -0.478 e. The molecule has 1 heterocycles. The molecule has 0 spiro atoms. The Morgan fingerprint density at radius 3 is 2.71 bits per heavy atom. The van der Waals surface area contributed by atoms with E-state index in [9.17, 15) is 13.6 Å². The molecule has 0 atom stereocenters. The molecule has 0 bridgehead atoms. The summed E-state index contributed by atoms with van der Waals surface area (Å²) < 4.78 is 24.7. The molecule has 6 heteroatoms. The number of pyridine rings is 1. The molecule has 0 saturated heterocycles. The first-order chi connectivity index (χ1) is 6.56. The summed E-state index contributed by atoms with van der Waals surface area (Å²) in [4.78, 5) is 14.1. The Bertz CT molecular complexity index is 357. The number of rotatable bonds is 3. The number of alkyl halides is 3. The van der Waals surface area contributed by atoms with E-state index < -0.39 is 23.5 Å². The number of nitrogens with zero attached hydrogens (tertiary/aromatic N) is 1. The Labute approximate surface area is 83.3 Å². The minimum atomic E-state index is -2.84. The standard InChI is InChI=1S/C8H6ClF2NO2/c9-2-4-1-5(7(10)11)6(3-12-4)8(13)14/h1,3,7H,2H2,(H,13,14). The molecule has 0 unspecified atom stereocenters. The quantitative estimate of drug-likeness (QED) is 0.798. The van der Waals surface area contributed by atoms with Gasteiger partial charge in [-0.3, -0.25) is 4.98 Å². The van der Waals surface area contributed by atoms with E-state index >= 15 is 0 Å². The van der Waals surface area contributed by atoms with Gasteiger partial charge in [0.15, 0.2) is 0 Å². The number of carboxylic acid groups (broad SMARTS) is 1. The minimum absolute atomic E-state index is 0.0282. The SMILES string of the molecule is O=C(O)c1cnc(CCl)cc1C(F)F. The molecule has 3 nitrogen and oxygen atoms in total. The molecule has 1 aromatic rings. The van der Waals surface area contributed by atoms with Crippen LogP contribution in [-0.4, -0.2) is 16.1 Å². The van der Waals surface area contributed by atoms with Crippen molar-refractivity contribution in [2.45, 2.75) is 12.3 Å². The Morgan fingerprint density at radius 2 is 2.29 bits per heavy atom. The van der Waals surface area contributed by atoms with Crippen molar-refractivity contribution in [3.05, 3.63) is 29.1 Å². The van der Waals surface area contributed by atoms with Gasteiger partial charge in [-0.1, -0.05) is 0 Å². The van der Waals surface area contributed by atoms with Crippen molar-refractivity contribution in [2.75, 3.05) is 0 Å². The summed E-state index contributed by atoms with van der Waals surface area (Å²) in [5.74, 6) is -1.45. The van der Waals surface area contributed by atoms with Crippen LogP contribution in [0.3, 0.4) is 0 Å². The number of hydrogen-bond donors (Lipinski definition) is 1. The highest BCUT2D eigenvalue weighted by atomic mass is 35.5. The van der Waals surface area contributed by atoms with E-state index in [-0.39, 0.29) is 11.6 Å². The van der Waals surface area contributed by atoms with Crippen LogP contribution in [0, 0.1) is 0 Å². The Balaban J connectivity index is 3.24. The number of carbonyl (C=O) groups is 1. The van der Waals surface area contributed by atoms with E-state index in [1.165, 1.54) is 0 Å². The van der Waals surface area contributed by atoms with Crippen LogP contribution in [0.4, 0.5) is 8.78 Å². The fourth-order valence-corrected chi connectivity index (χ4v) is 1.09. The third-order valence-corrected chi connectivity index (χ3v) is 1.87. The van der Waals surface area contributed by atoms with E-state index in [2.05, 4.69) is 4.98 Å². The molecule has 0 aliphatic rings. The van der Waals surface area contributed by atoms with Crippen molar-refractivity contribution in [2.24, 2.45) is 0 Å². The Morgan fingerprint density at radius 1 is 1.64 bits per heavy atom. The average Bonchev–Trinajstić information content (AvgIpc) is 2.16. The van der Waals surface area contributed by atoms with Crippen molar-refractivity contribution >= 4 is 17.6 Å². The normalized spacial score (nSPS) is 10.6. The molecule has 1 aromatic heterocycles. The summed E-state index contributed by atoms with van der Waals surface area (Å²) >= 11 is 5.38. The molecule has 1 rings (SSSR count). The van der Waals surface area contributed by atoms with Crippen LogP contribution in [0.5, 0.6) is 0 Å². The zero-order valence-electron chi connectivity index (χ0n) is 6.88. The molecular formula is C8H6ClF2NO2. The van der Waals surface area contributed by atoms with Gasteiger partial charge in [0.25, 0.3) is 6.43 Å². The lowest BCUT2D eigenvalue weighted by atomic mass is 10.1. The van der Waals surface area contributed by atoms with E-state index in [1.807, 2.05) is 0 Å². The predicted octanol–water partition coefficient (Wildman–Crippen LogP) is 2.46. The second-order valence-corrected chi connectivity index (χ2v) is 2.77. The fourth-order valence-electron chi connectivity index (χ4n) is 0.949. The van der Waals surface area contributed by atoms with Gasteiger partial charge in [-0.15, -0.1) is 11.6 Å². The first-order valence-electron chi connectivity index (χ1n) is 3.62. The van der Waals surface area contributed by atoms with Crippen molar-refractivity contribution in [3.8, 4) is 0 Å². The number of hydrogen-bond acceptors (Lipinski definition) is 2. The summed E-state index contributed by atoms with van der Waals surface area (Å²) in [5, 5.41) is 8.57. The zero-order valence-corrected chi connectivity index (χ0v) is 7.63.